The van der Waals surface area contributed by atoms with Crippen molar-refractivity contribution in [1.82, 2.24) is 4.98 Å². The van der Waals surface area contributed by atoms with Crippen molar-refractivity contribution in [1.29, 1.82) is 5.26 Å². The molecule has 0 unspecified atom stereocenters. The summed E-state index contributed by atoms with van der Waals surface area (Å²) in [4.78, 5) is 4.41. The maximum atomic E-state index is 10.3. The Morgan fingerprint density at radius 3 is 2.10 bits per heavy atom. The van der Waals surface area contributed by atoms with E-state index in [1.807, 2.05) is 84.9 Å². The van der Waals surface area contributed by atoms with Gasteiger partial charge in [-0.15, -0.1) is 0 Å². The number of fused-ring (bicyclic) bond motifs is 1. The highest BCUT2D eigenvalue weighted by molar-refractivity contribution is 5.85. The van der Waals surface area contributed by atoms with Crippen LogP contribution in [0.4, 0.5) is 5.82 Å². The highest BCUT2D eigenvalue weighted by Crippen LogP contribution is 2.35. The molecule has 2 N–H and O–H groups in total. The molecule has 142 valence electrons. The van der Waals surface area contributed by atoms with Crippen molar-refractivity contribution in [3.63, 3.8) is 0 Å². The van der Waals surface area contributed by atoms with Gasteiger partial charge in [0.15, 0.2) is 0 Å². The third kappa shape index (κ3) is 3.63. The summed E-state index contributed by atoms with van der Waals surface area (Å²) in [7, 11) is 0. The van der Waals surface area contributed by atoms with Crippen LogP contribution in [0.2, 0.25) is 0 Å². The minimum absolute atomic E-state index is 0.368. The van der Waals surface area contributed by atoms with Crippen molar-refractivity contribution in [3.8, 4) is 11.8 Å². The summed E-state index contributed by atoms with van der Waals surface area (Å²) in [5.41, 5.74) is 7.71. The van der Waals surface area contributed by atoms with Crippen LogP contribution in [0.1, 0.15) is 17.5 Å². The fourth-order valence-electron chi connectivity index (χ4n) is 3.65. The van der Waals surface area contributed by atoms with Crippen molar-refractivity contribution in [3.05, 3.63) is 102 Å². The fourth-order valence-corrected chi connectivity index (χ4v) is 3.65. The van der Waals surface area contributed by atoms with Gasteiger partial charge in [0.1, 0.15) is 22.5 Å². The monoisotopic (exact) mass is 379 g/mol. The molecule has 0 atom stereocenters. The maximum absolute atomic E-state index is 10.3. The Kier molecular flexibility index (Phi) is 5.13. The molecule has 0 aliphatic heterocycles. The SMILES string of the molecule is N#CC(CCOc1cccc2ccc(N)nc12)(c1ccccc1)c1ccccc1. The summed E-state index contributed by atoms with van der Waals surface area (Å²) >= 11 is 0. The molecule has 0 fully saturated rings. The molecular formula is C25H21N3O. The number of hydrogen-bond donors (Lipinski definition) is 1. The number of nitriles is 1. The van der Waals surface area contributed by atoms with Crippen molar-refractivity contribution < 1.29 is 4.74 Å². The third-order valence-electron chi connectivity index (χ3n) is 5.16. The number of benzene rings is 3. The lowest BCUT2D eigenvalue weighted by atomic mass is 9.73. The van der Waals surface area contributed by atoms with Crippen molar-refractivity contribution in [2.45, 2.75) is 11.8 Å². The average molecular weight is 379 g/mol. The number of hydrogen-bond acceptors (Lipinski definition) is 4. The Bertz CT molecular complexity index is 1110. The van der Waals surface area contributed by atoms with E-state index in [4.69, 9.17) is 10.5 Å². The highest BCUT2D eigenvalue weighted by Gasteiger charge is 2.34. The number of nitrogens with zero attached hydrogens (tertiary/aromatic N) is 2. The van der Waals surface area contributed by atoms with Gasteiger partial charge in [0.2, 0.25) is 0 Å². The van der Waals surface area contributed by atoms with Crippen LogP contribution >= 0.6 is 0 Å². The lowest BCUT2D eigenvalue weighted by Crippen LogP contribution is -2.28. The fraction of sp³-hybridized carbons (Fsp3) is 0.120. The molecule has 4 nitrogen and oxygen atoms in total. The Hall–Kier alpha value is -3.84. The quantitative estimate of drug-likeness (QED) is 0.506. The number of rotatable bonds is 6. The third-order valence-corrected chi connectivity index (χ3v) is 5.16. The van der Waals surface area contributed by atoms with E-state index in [9.17, 15) is 5.26 Å². The van der Waals surface area contributed by atoms with Gasteiger partial charge in [-0.2, -0.15) is 5.26 Å². The summed E-state index contributed by atoms with van der Waals surface area (Å²) in [5.74, 6) is 1.12. The average Bonchev–Trinajstić information content (AvgIpc) is 2.78. The molecular weight excluding hydrogens is 358 g/mol. The summed E-state index contributed by atoms with van der Waals surface area (Å²) in [6.07, 6.45) is 0.510. The van der Waals surface area contributed by atoms with Crippen LogP contribution in [0.5, 0.6) is 5.75 Å². The number of nitrogen functional groups attached to an aromatic ring is 1. The zero-order valence-electron chi connectivity index (χ0n) is 16.0. The molecule has 29 heavy (non-hydrogen) atoms. The second-order valence-corrected chi connectivity index (χ2v) is 6.91. The predicted molar refractivity (Wildman–Crippen MR) is 116 cm³/mol. The van der Waals surface area contributed by atoms with E-state index in [1.54, 1.807) is 6.07 Å². The van der Waals surface area contributed by atoms with Gasteiger partial charge in [-0.05, 0) is 29.3 Å². The summed E-state index contributed by atoms with van der Waals surface area (Å²) in [6.45, 7) is 0.368. The van der Waals surface area contributed by atoms with E-state index in [-0.39, 0.29) is 0 Å². The first-order valence-electron chi connectivity index (χ1n) is 9.53. The highest BCUT2D eigenvalue weighted by atomic mass is 16.5. The molecule has 0 saturated carbocycles. The summed E-state index contributed by atoms with van der Waals surface area (Å²) < 4.78 is 6.11. The van der Waals surface area contributed by atoms with E-state index in [0.29, 0.717) is 24.6 Å². The molecule has 1 heterocycles. The van der Waals surface area contributed by atoms with Gasteiger partial charge in [0.25, 0.3) is 0 Å². The van der Waals surface area contributed by atoms with Crippen molar-refractivity contribution in [2.75, 3.05) is 12.3 Å². The van der Waals surface area contributed by atoms with Crippen molar-refractivity contribution >= 4 is 16.7 Å². The van der Waals surface area contributed by atoms with Gasteiger partial charge >= 0.3 is 0 Å². The molecule has 4 heteroatoms. The van der Waals surface area contributed by atoms with Gasteiger partial charge < -0.3 is 10.5 Å². The van der Waals surface area contributed by atoms with E-state index < -0.39 is 5.41 Å². The zero-order chi connectivity index (χ0) is 20.1. The van der Waals surface area contributed by atoms with E-state index in [1.165, 1.54) is 0 Å². The van der Waals surface area contributed by atoms with Crippen LogP contribution in [-0.4, -0.2) is 11.6 Å². The van der Waals surface area contributed by atoms with E-state index in [2.05, 4.69) is 11.1 Å². The van der Waals surface area contributed by atoms with Gasteiger partial charge in [-0.25, -0.2) is 4.98 Å². The molecule has 3 aromatic carbocycles. The molecule has 0 spiro atoms. The molecule has 0 radical (unpaired) electrons. The second kappa shape index (κ2) is 8.04. The van der Waals surface area contributed by atoms with Gasteiger partial charge in [-0.1, -0.05) is 72.8 Å². The lowest BCUT2D eigenvalue weighted by Gasteiger charge is -2.28. The van der Waals surface area contributed by atoms with Crippen molar-refractivity contribution in [2.24, 2.45) is 0 Å². The Labute approximate surface area is 170 Å². The standard InChI is InChI=1S/C25H21N3O/c26-18-25(20-9-3-1-4-10-20,21-11-5-2-6-12-21)16-17-29-22-13-7-8-19-14-15-23(27)28-24(19)22/h1-15H,16-17H2,(H2,27,28). The normalized spacial score (nSPS) is 11.1. The lowest BCUT2D eigenvalue weighted by molar-refractivity contribution is 0.293. The van der Waals surface area contributed by atoms with Gasteiger partial charge in [0.05, 0.1) is 12.7 Å². The first-order valence-corrected chi connectivity index (χ1v) is 9.53. The predicted octanol–water partition coefficient (Wildman–Crippen LogP) is 5.10. The number of anilines is 1. The van der Waals surface area contributed by atoms with E-state index >= 15 is 0 Å². The molecule has 0 aliphatic rings. The summed E-state index contributed by atoms with van der Waals surface area (Å²) in [5, 5.41) is 11.2. The van der Waals surface area contributed by atoms with Crippen LogP contribution in [0.15, 0.2) is 91.0 Å². The van der Waals surface area contributed by atoms with Gasteiger partial charge in [0, 0.05) is 11.8 Å². The Balaban J connectivity index is 1.65. The second-order valence-electron chi connectivity index (χ2n) is 6.91. The number of nitrogens with two attached hydrogens (primary N) is 1. The molecule has 0 bridgehead atoms. The minimum Gasteiger partial charge on any atom is -0.491 e. The molecule has 0 amide bonds. The number of aromatic nitrogens is 1. The van der Waals surface area contributed by atoms with Crippen LogP contribution in [-0.2, 0) is 5.41 Å². The molecule has 4 rings (SSSR count). The topological polar surface area (TPSA) is 71.9 Å². The molecule has 0 saturated heterocycles. The summed E-state index contributed by atoms with van der Waals surface area (Å²) in [6, 6.07) is 31.8. The first-order chi connectivity index (χ1) is 14.2. The smallest absolute Gasteiger partial charge is 0.145 e. The molecule has 1 aromatic heterocycles. The minimum atomic E-state index is -0.792. The van der Waals surface area contributed by atoms with Gasteiger partial charge in [-0.3, -0.25) is 0 Å². The molecule has 0 aliphatic carbocycles. The Morgan fingerprint density at radius 2 is 1.48 bits per heavy atom. The van der Waals surface area contributed by atoms with Crippen LogP contribution < -0.4 is 10.5 Å². The molecule has 4 aromatic rings. The number of para-hydroxylation sites is 1. The largest absolute Gasteiger partial charge is 0.491 e. The van der Waals surface area contributed by atoms with Crippen LogP contribution in [0.25, 0.3) is 10.9 Å². The van der Waals surface area contributed by atoms with Crippen LogP contribution in [0, 0.1) is 11.3 Å². The van der Waals surface area contributed by atoms with Crippen LogP contribution in [0.3, 0.4) is 0 Å². The number of pyridine rings is 1. The maximum Gasteiger partial charge on any atom is 0.145 e. The Morgan fingerprint density at radius 1 is 0.828 bits per heavy atom. The van der Waals surface area contributed by atoms with E-state index in [0.717, 1.165) is 22.0 Å². The zero-order valence-corrected chi connectivity index (χ0v) is 16.0. The number of ether oxygens (including phenoxy) is 1. The first kappa shape index (κ1) is 18.5.